The highest BCUT2D eigenvalue weighted by Crippen LogP contribution is 2.37. The highest BCUT2D eigenvalue weighted by atomic mass is 16.1. The van der Waals surface area contributed by atoms with Crippen molar-refractivity contribution in [1.29, 1.82) is 0 Å². The lowest BCUT2D eigenvalue weighted by Gasteiger charge is -2.25. The van der Waals surface area contributed by atoms with Crippen LogP contribution in [0.1, 0.15) is 68.8 Å². The van der Waals surface area contributed by atoms with Crippen molar-refractivity contribution in [3.8, 4) is 0 Å². The lowest BCUT2D eigenvalue weighted by Crippen LogP contribution is -2.32. The molecule has 0 radical (unpaired) electrons. The Hall–Kier alpha value is -2.63. The number of carbonyl (C=O) groups excluding carboxylic acids is 1. The fraction of sp³-hybridized carbons (Fsp3) is 0.476. The minimum absolute atomic E-state index is 0.0818. The van der Waals surface area contributed by atoms with E-state index < -0.39 is 0 Å². The van der Waals surface area contributed by atoms with Gasteiger partial charge in [-0.25, -0.2) is 9.97 Å². The molecule has 1 aliphatic rings. The number of para-hydroxylation sites is 2. The Labute approximate surface area is 159 Å². The first-order valence-electron chi connectivity index (χ1n) is 9.97. The lowest BCUT2D eigenvalue weighted by molar-refractivity contribution is 0.0941. The first kappa shape index (κ1) is 17.8. The number of fused-ring (bicyclic) bond motifs is 2. The summed E-state index contributed by atoms with van der Waals surface area (Å²) in [4.78, 5) is 22.6. The smallest absolute Gasteiger partial charge is 0.257 e. The maximum absolute atomic E-state index is 13.0. The summed E-state index contributed by atoms with van der Waals surface area (Å²) in [6.07, 6.45) is 6.61. The summed E-state index contributed by atoms with van der Waals surface area (Å²) < 4.78 is 2.07. The molecule has 2 heterocycles. The van der Waals surface area contributed by atoms with E-state index in [9.17, 15) is 4.79 Å². The highest BCUT2D eigenvalue weighted by Gasteiger charge is 2.28. The number of benzene rings is 1. The molecule has 1 atom stereocenters. The van der Waals surface area contributed by atoms with Crippen molar-refractivity contribution >= 4 is 33.9 Å². The van der Waals surface area contributed by atoms with Gasteiger partial charge >= 0.3 is 0 Å². The van der Waals surface area contributed by atoms with Gasteiger partial charge in [-0.2, -0.15) is 0 Å². The molecule has 1 aliphatic carbocycles. The van der Waals surface area contributed by atoms with Crippen LogP contribution in [0, 0.1) is 0 Å². The summed E-state index contributed by atoms with van der Waals surface area (Å²) in [7, 11) is 0. The summed E-state index contributed by atoms with van der Waals surface area (Å²) in [6, 6.07) is 8.13. The number of nitrogens with two attached hydrogens (primary N) is 1. The van der Waals surface area contributed by atoms with Gasteiger partial charge in [-0.15, -0.1) is 0 Å². The second-order valence-corrected chi connectivity index (χ2v) is 7.59. The van der Waals surface area contributed by atoms with Gasteiger partial charge in [0, 0.05) is 12.1 Å². The van der Waals surface area contributed by atoms with E-state index in [-0.39, 0.29) is 18.0 Å². The third kappa shape index (κ3) is 3.13. The van der Waals surface area contributed by atoms with Crippen molar-refractivity contribution in [2.45, 2.75) is 64.5 Å². The van der Waals surface area contributed by atoms with Crippen LogP contribution in [-0.4, -0.2) is 26.5 Å². The molecule has 27 heavy (non-hydrogen) atoms. The van der Waals surface area contributed by atoms with Gasteiger partial charge in [0.1, 0.15) is 16.9 Å². The van der Waals surface area contributed by atoms with Crippen LogP contribution in [0.15, 0.2) is 24.3 Å². The predicted octanol–water partition coefficient (Wildman–Crippen LogP) is 4.20. The summed E-state index contributed by atoms with van der Waals surface area (Å²) in [5, 5.41) is 3.04. The van der Waals surface area contributed by atoms with E-state index in [2.05, 4.69) is 9.88 Å². The summed E-state index contributed by atoms with van der Waals surface area (Å²) in [5.74, 6) is 0.332. The number of anilines is 1. The Kier molecular flexibility index (Phi) is 4.72. The van der Waals surface area contributed by atoms with Crippen molar-refractivity contribution in [3.63, 3.8) is 0 Å². The Morgan fingerprint density at radius 3 is 2.56 bits per heavy atom. The Balaban J connectivity index is 1.93. The normalized spacial score (nSPS) is 16.7. The monoisotopic (exact) mass is 365 g/mol. The van der Waals surface area contributed by atoms with Crippen LogP contribution in [0.5, 0.6) is 0 Å². The molecule has 0 bridgehead atoms. The largest absolute Gasteiger partial charge is 0.384 e. The Morgan fingerprint density at radius 1 is 1.22 bits per heavy atom. The number of hydrogen-bond acceptors (Lipinski definition) is 4. The molecule has 3 aromatic rings. The highest BCUT2D eigenvalue weighted by molar-refractivity contribution is 6.10. The van der Waals surface area contributed by atoms with Gasteiger partial charge in [-0.3, -0.25) is 4.79 Å². The molecule has 4 rings (SSSR count). The van der Waals surface area contributed by atoms with E-state index in [1.807, 2.05) is 38.1 Å². The van der Waals surface area contributed by atoms with Gasteiger partial charge < -0.3 is 15.6 Å². The second kappa shape index (κ2) is 7.18. The molecule has 0 saturated heterocycles. The fourth-order valence-corrected chi connectivity index (χ4v) is 4.01. The summed E-state index contributed by atoms with van der Waals surface area (Å²) in [6.45, 7) is 4.04. The van der Waals surface area contributed by atoms with Crippen molar-refractivity contribution < 1.29 is 4.79 Å². The zero-order chi connectivity index (χ0) is 19.0. The molecule has 2 aromatic heterocycles. The zero-order valence-electron chi connectivity index (χ0n) is 16.0. The molecule has 1 saturated carbocycles. The van der Waals surface area contributed by atoms with Gasteiger partial charge in [-0.05, 0) is 38.3 Å². The SMILES string of the molecule is CC[C@H](C)NC(=O)c1c(N)n(C2CCCCC2)c2nc3ccccc3nc12. The molecular formula is C21H27N5O. The number of amides is 1. The molecule has 6 heteroatoms. The van der Waals surface area contributed by atoms with Gasteiger partial charge in [0.2, 0.25) is 0 Å². The first-order valence-corrected chi connectivity index (χ1v) is 9.97. The van der Waals surface area contributed by atoms with Gasteiger partial charge in [0.05, 0.1) is 11.0 Å². The van der Waals surface area contributed by atoms with Crippen LogP contribution in [0.3, 0.4) is 0 Å². The van der Waals surface area contributed by atoms with Gasteiger partial charge in [-0.1, -0.05) is 38.3 Å². The van der Waals surface area contributed by atoms with Gasteiger partial charge in [0.25, 0.3) is 5.91 Å². The van der Waals surface area contributed by atoms with Crippen LogP contribution in [0.25, 0.3) is 22.2 Å². The van der Waals surface area contributed by atoms with Gasteiger partial charge in [0.15, 0.2) is 5.65 Å². The van der Waals surface area contributed by atoms with E-state index >= 15 is 0 Å². The molecule has 0 spiro atoms. The second-order valence-electron chi connectivity index (χ2n) is 7.59. The zero-order valence-corrected chi connectivity index (χ0v) is 16.0. The maximum atomic E-state index is 13.0. The van der Waals surface area contributed by atoms with E-state index in [1.54, 1.807) is 0 Å². The Morgan fingerprint density at radius 2 is 1.89 bits per heavy atom. The average Bonchev–Trinajstić information content (AvgIpc) is 2.97. The van der Waals surface area contributed by atoms with Crippen molar-refractivity contribution in [3.05, 3.63) is 29.8 Å². The lowest BCUT2D eigenvalue weighted by atomic mass is 9.95. The molecule has 1 aromatic carbocycles. The number of nitrogens with zero attached hydrogens (tertiary/aromatic N) is 3. The minimum atomic E-state index is -0.161. The maximum Gasteiger partial charge on any atom is 0.257 e. The third-order valence-corrected chi connectivity index (χ3v) is 5.69. The van der Waals surface area contributed by atoms with Crippen LogP contribution < -0.4 is 11.1 Å². The van der Waals surface area contributed by atoms with Crippen molar-refractivity contribution in [2.24, 2.45) is 0 Å². The molecule has 142 valence electrons. The topological polar surface area (TPSA) is 85.8 Å². The summed E-state index contributed by atoms with van der Waals surface area (Å²) in [5.41, 5.74) is 9.96. The molecular weight excluding hydrogens is 338 g/mol. The molecule has 0 unspecified atom stereocenters. The average molecular weight is 365 g/mol. The van der Waals surface area contributed by atoms with E-state index in [4.69, 9.17) is 15.7 Å². The number of nitrogens with one attached hydrogen (secondary N) is 1. The third-order valence-electron chi connectivity index (χ3n) is 5.69. The molecule has 0 aliphatic heterocycles. The summed E-state index contributed by atoms with van der Waals surface area (Å²) >= 11 is 0. The number of carbonyl (C=O) groups is 1. The quantitative estimate of drug-likeness (QED) is 0.725. The van der Waals surface area contributed by atoms with E-state index in [1.165, 1.54) is 19.3 Å². The predicted molar refractivity (Wildman–Crippen MR) is 109 cm³/mol. The number of hydrogen-bond donors (Lipinski definition) is 2. The standard InChI is InChI=1S/C21H27N5O/c1-3-13(2)23-21(27)17-18-20(25-16-12-8-7-11-15(16)24-18)26(19(17)22)14-9-5-4-6-10-14/h7-8,11-14H,3-6,9-10,22H2,1-2H3,(H,23,27)/t13-/m0/s1. The molecule has 1 fully saturated rings. The van der Waals surface area contributed by atoms with Crippen LogP contribution in [-0.2, 0) is 0 Å². The van der Waals surface area contributed by atoms with Crippen LogP contribution in [0.2, 0.25) is 0 Å². The van der Waals surface area contributed by atoms with E-state index in [0.29, 0.717) is 16.9 Å². The molecule has 6 nitrogen and oxygen atoms in total. The number of rotatable bonds is 4. The van der Waals surface area contributed by atoms with E-state index in [0.717, 1.165) is 35.9 Å². The Bertz CT molecular complexity index is 987. The fourth-order valence-electron chi connectivity index (χ4n) is 4.01. The van der Waals surface area contributed by atoms with Crippen LogP contribution >= 0.6 is 0 Å². The number of nitrogen functional groups attached to an aromatic ring is 1. The van der Waals surface area contributed by atoms with Crippen molar-refractivity contribution in [2.75, 3.05) is 5.73 Å². The molecule has 3 N–H and O–H groups in total. The first-order chi connectivity index (χ1) is 13.1. The number of aromatic nitrogens is 3. The molecule has 1 amide bonds. The van der Waals surface area contributed by atoms with Crippen molar-refractivity contribution in [1.82, 2.24) is 19.9 Å². The minimum Gasteiger partial charge on any atom is -0.384 e. The van der Waals surface area contributed by atoms with Crippen LogP contribution in [0.4, 0.5) is 5.82 Å².